The van der Waals surface area contributed by atoms with Crippen LogP contribution in [-0.2, 0) is 20.1 Å². The standard InChI is InChI=1S/C12H19N5/c1-10-12(9-15-16(10)3)8-13-4-6-17-7-5-14-11(17)2/h5,7,9,13H,4,6,8H2,1-3H3. The molecule has 0 aliphatic heterocycles. The number of aryl methyl sites for hydroxylation is 2. The molecular formula is C12H19N5. The van der Waals surface area contributed by atoms with Crippen molar-refractivity contribution in [2.45, 2.75) is 26.9 Å². The van der Waals surface area contributed by atoms with Crippen molar-refractivity contribution >= 4 is 0 Å². The lowest BCUT2D eigenvalue weighted by molar-refractivity contribution is 0.586. The number of imidazole rings is 1. The Kier molecular flexibility index (Phi) is 3.58. The summed E-state index contributed by atoms with van der Waals surface area (Å²) in [5.41, 5.74) is 2.48. The average Bonchev–Trinajstić information content (AvgIpc) is 2.85. The molecular weight excluding hydrogens is 214 g/mol. The molecule has 0 unspecified atom stereocenters. The number of nitrogens with one attached hydrogen (secondary N) is 1. The smallest absolute Gasteiger partial charge is 0.105 e. The van der Waals surface area contributed by atoms with Crippen LogP contribution in [0.15, 0.2) is 18.6 Å². The molecule has 5 nitrogen and oxygen atoms in total. The summed E-state index contributed by atoms with van der Waals surface area (Å²) >= 11 is 0. The molecule has 0 amide bonds. The predicted molar refractivity (Wildman–Crippen MR) is 66.6 cm³/mol. The van der Waals surface area contributed by atoms with Crippen molar-refractivity contribution in [2.24, 2.45) is 7.05 Å². The molecule has 0 saturated carbocycles. The van der Waals surface area contributed by atoms with Crippen LogP contribution in [0.4, 0.5) is 0 Å². The maximum absolute atomic E-state index is 4.22. The van der Waals surface area contributed by atoms with E-state index in [0.717, 1.165) is 25.5 Å². The first-order chi connectivity index (χ1) is 8.18. The van der Waals surface area contributed by atoms with Crippen LogP contribution in [0.2, 0.25) is 0 Å². The van der Waals surface area contributed by atoms with Gasteiger partial charge in [-0.2, -0.15) is 5.10 Å². The van der Waals surface area contributed by atoms with E-state index < -0.39 is 0 Å². The molecule has 17 heavy (non-hydrogen) atoms. The Bertz CT molecular complexity index is 483. The van der Waals surface area contributed by atoms with Crippen LogP contribution in [0.1, 0.15) is 17.1 Å². The number of hydrogen-bond donors (Lipinski definition) is 1. The largest absolute Gasteiger partial charge is 0.334 e. The van der Waals surface area contributed by atoms with E-state index in [1.807, 2.05) is 37.2 Å². The summed E-state index contributed by atoms with van der Waals surface area (Å²) in [6, 6.07) is 0. The first-order valence-electron chi connectivity index (χ1n) is 5.84. The van der Waals surface area contributed by atoms with E-state index in [1.165, 1.54) is 11.3 Å². The van der Waals surface area contributed by atoms with E-state index in [4.69, 9.17) is 0 Å². The Balaban J connectivity index is 1.77. The highest BCUT2D eigenvalue weighted by atomic mass is 15.3. The maximum atomic E-state index is 4.22. The Morgan fingerprint density at radius 1 is 1.35 bits per heavy atom. The van der Waals surface area contributed by atoms with Crippen LogP contribution < -0.4 is 5.32 Å². The van der Waals surface area contributed by atoms with E-state index >= 15 is 0 Å². The minimum absolute atomic E-state index is 0.868. The van der Waals surface area contributed by atoms with Gasteiger partial charge < -0.3 is 9.88 Å². The summed E-state index contributed by atoms with van der Waals surface area (Å²) in [4.78, 5) is 4.19. The zero-order valence-corrected chi connectivity index (χ0v) is 10.6. The van der Waals surface area contributed by atoms with Crippen molar-refractivity contribution in [3.05, 3.63) is 35.7 Å². The maximum Gasteiger partial charge on any atom is 0.105 e. The van der Waals surface area contributed by atoms with Crippen LogP contribution in [0.5, 0.6) is 0 Å². The second-order valence-corrected chi connectivity index (χ2v) is 4.22. The quantitative estimate of drug-likeness (QED) is 0.784. The first-order valence-corrected chi connectivity index (χ1v) is 5.84. The molecule has 0 radical (unpaired) electrons. The van der Waals surface area contributed by atoms with Gasteiger partial charge in [-0.25, -0.2) is 4.98 Å². The van der Waals surface area contributed by atoms with Gasteiger partial charge in [0.25, 0.3) is 0 Å². The van der Waals surface area contributed by atoms with Crippen LogP contribution >= 0.6 is 0 Å². The molecule has 0 atom stereocenters. The molecule has 92 valence electrons. The second kappa shape index (κ2) is 5.14. The molecule has 0 aliphatic carbocycles. The molecule has 0 saturated heterocycles. The van der Waals surface area contributed by atoms with Crippen molar-refractivity contribution in [2.75, 3.05) is 6.54 Å². The fraction of sp³-hybridized carbons (Fsp3) is 0.500. The fourth-order valence-corrected chi connectivity index (χ4v) is 1.78. The SMILES string of the molecule is Cc1nccn1CCNCc1cnn(C)c1C. The lowest BCUT2D eigenvalue weighted by Gasteiger charge is -2.06. The van der Waals surface area contributed by atoms with Gasteiger partial charge in [-0.3, -0.25) is 4.68 Å². The van der Waals surface area contributed by atoms with Gasteiger partial charge >= 0.3 is 0 Å². The molecule has 0 spiro atoms. The number of hydrogen-bond acceptors (Lipinski definition) is 3. The van der Waals surface area contributed by atoms with E-state index in [-0.39, 0.29) is 0 Å². The molecule has 2 rings (SSSR count). The summed E-state index contributed by atoms with van der Waals surface area (Å²) < 4.78 is 4.04. The van der Waals surface area contributed by atoms with E-state index in [2.05, 4.69) is 26.9 Å². The van der Waals surface area contributed by atoms with E-state index in [0.29, 0.717) is 0 Å². The van der Waals surface area contributed by atoms with Crippen molar-refractivity contribution in [3.63, 3.8) is 0 Å². The zero-order valence-electron chi connectivity index (χ0n) is 10.6. The van der Waals surface area contributed by atoms with Gasteiger partial charge in [0.2, 0.25) is 0 Å². The molecule has 2 heterocycles. The van der Waals surface area contributed by atoms with Crippen molar-refractivity contribution in [3.8, 4) is 0 Å². The third-order valence-electron chi connectivity index (χ3n) is 3.11. The van der Waals surface area contributed by atoms with Gasteiger partial charge in [-0.05, 0) is 13.8 Å². The third kappa shape index (κ3) is 2.74. The van der Waals surface area contributed by atoms with Crippen molar-refractivity contribution in [1.82, 2.24) is 24.6 Å². The molecule has 0 bridgehead atoms. The van der Waals surface area contributed by atoms with Crippen molar-refractivity contribution < 1.29 is 0 Å². The summed E-state index contributed by atoms with van der Waals surface area (Å²) in [6.45, 7) is 6.86. The molecule has 2 aromatic heterocycles. The Morgan fingerprint density at radius 2 is 2.18 bits per heavy atom. The first kappa shape index (κ1) is 11.9. The summed E-state index contributed by atoms with van der Waals surface area (Å²) in [5, 5.41) is 7.64. The molecule has 0 aliphatic rings. The third-order valence-corrected chi connectivity index (χ3v) is 3.11. The minimum Gasteiger partial charge on any atom is -0.334 e. The van der Waals surface area contributed by atoms with E-state index in [9.17, 15) is 0 Å². The minimum atomic E-state index is 0.868. The summed E-state index contributed by atoms with van der Waals surface area (Å²) in [7, 11) is 1.97. The molecule has 2 aromatic rings. The zero-order chi connectivity index (χ0) is 12.3. The highest BCUT2D eigenvalue weighted by Gasteiger charge is 2.02. The molecule has 5 heteroatoms. The normalized spacial score (nSPS) is 11.0. The van der Waals surface area contributed by atoms with E-state index in [1.54, 1.807) is 0 Å². The average molecular weight is 233 g/mol. The van der Waals surface area contributed by atoms with Gasteiger partial charge in [0, 0.05) is 50.3 Å². The highest BCUT2D eigenvalue weighted by Crippen LogP contribution is 2.04. The van der Waals surface area contributed by atoms with Gasteiger partial charge in [0.05, 0.1) is 6.20 Å². The lowest BCUT2D eigenvalue weighted by Crippen LogP contribution is -2.20. The van der Waals surface area contributed by atoms with Gasteiger partial charge in [-0.15, -0.1) is 0 Å². The van der Waals surface area contributed by atoms with Gasteiger partial charge in [0.1, 0.15) is 5.82 Å². The monoisotopic (exact) mass is 233 g/mol. The van der Waals surface area contributed by atoms with Crippen LogP contribution in [-0.4, -0.2) is 25.9 Å². The van der Waals surface area contributed by atoms with Crippen LogP contribution in [0, 0.1) is 13.8 Å². The lowest BCUT2D eigenvalue weighted by atomic mass is 10.2. The van der Waals surface area contributed by atoms with Crippen LogP contribution in [0.25, 0.3) is 0 Å². The fourth-order valence-electron chi connectivity index (χ4n) is 1.78. The van der Waals surface area contributed by atoms with Crippen LogP contribution in [0.3, 0.4) is 0 Å². The van der Waals surface area contributed by atoms with Crippen molar-refractivity contribution in [1.29, 1.82) is 0 Å². The number of nitrogens with zero attached hydrogens (tertiary/aromatic N) is 4. The van der Waals surface area contributed by atoms with Gasteiger partial charge in [-0.1, -0.05) is 0 Å². The molecule has 1 N–H and O–H groups in total. The molecule has 0 aromatic carbocycles. The predicted octanol–water partition coefficient (Wildman–Crippen LogP) is 1.02. The molecule has 0 fully saturated rings. The Labute approximate surface area is 101 Å². The summed E-state index contributed by atoms with van der Waals surface area (Å²) in [5.74, 6) is 1.06. The topological polar surface area (TPSA) is 47.7 Å². The Morgan fingerprint density at radius 3 is 2.76 bits per heavy atom. The summed E-state index contributed by atoms with van der Waals surface area (Å²) in [6.07, 6.45) is 5.76. The highest BCUT2D eigenvalue weighted by molar-refractivity contribution is 5.15. The van der Waals surface area contributed by atoms with Gasteiger partial charge in [0.15, 0.2) is 0 Å². The Hall–Kier alpha value is -1.62. The number of aromatic nitrogens is 4. The second-order valence-electron chi connectivity index (χ2n) is 4.22. The number of rotatable bonds is 5.